The molecule has 2 aromatic carbocycles. The van der Waals surface area contributed by atoms with Crippen LogP contribution in [0.4, 0.5) is 0 Å². The number of ether oxygens (including phenoxy) is 2. The van der Waals surface area contributed by atoms with E-state index in [2.05, 4.69) is 0 Å². The van der Waals surface area contributed by atoms with Gasteiger partial charge < -0.3 is 24.4 Å². The highest BCUT2D eigenvalue weighted by molar-refractivity contribution is 6.46. The van der Waals surface area contributed by atoms with E-state index in [4.69, 9.17) is 21.1 Å². The number of hydrogen-bond acceptors (Lipinski definition) is 7. The van der Waals surface area contributed by atoms with Crippen LogP contribution in [0.15, 0.2) is 48.0 Å². The zero-order chi connectivity index (χ0) is 25.0. The number of likely N-dealkylation sites (N-methyl/N-ethyl adjacent to an activating group) is 1. The van der Waals surface area contributed by atoms with Crippen LogP contribution in [0.1, 0.15) is 34.5 Å². The third-order valence-electron chi connectivity index (χ3n) is 5.48. The van der Waals surface area contributed by atoms with Crippen molar-refractivity contribution in [2.24, 2.45) is 0 Å². The molecule has 0 aliphatic carbocycles. The number of aliphatic hydroxyl groups excluding tert-OH is 1. The second-order valence-corrected chi connectivity index (χ2v) is 8.39. The van der Waals surface area contributed by atoms with Gasteiger partial charge in [-0.25, -0.2) is 4.79 Å². The number of benzene rings is 2. The lowest BCUT2D eigenvalue weighted by molar-refractivity contribution is -0.140. The zero-order valence-corrected chi connectivity index (χ0v) is 20.3. The van der Waals surface area contributed by atoms with Gasteiger partial charge in [0.05, 0.1) is 35.9 Å². The Morgan fingerprint density at radius 2 is 1.76 bits per heavy atom. The molecule has 1 N–H and O–H groups in total. The highest BCUT2D eigenvalue weighted by Gasteiger charge is 2.46. The molecule has 8 nitrogen and oxygen atoms in total. The Morgan fingerprint density at radius 3 is 2.32 bits per heavy atom. The van der Waals surface area contributed by atoms with Gasteiger partial charge in [0.2, 0.25) is 0 Å². The Hall–Kier alpha value is -3.36. The molecular weight excluding hydrogens is 460 g/mol. The van der Waals surface area contributed by atoms with E-state index in [9.17, 15) is 19.5 Å². The van der Waals surface area contributed by atoms with E-state index in [1.54, 1.807) is 36.4 Å². The minimum atomic E-state index is -0.836. The molecule has 2 aromatic rings. The van der Waals surface area contributed by atoms with Crippen molar-refractivity contribution in [3.63, 3.8) is 0 Å². The third-order valence-corrected chi connectivity index (χ3v) is 5.78. The molecule has 9 heteroatoms. The van der Waals surface area contributed by atoms with Gasteiger partial charge in [0.25, 0.3) is 11.7 Å². The highest BCUT2D eigenvalue weighted by Crippen LogP contribution is 2.40. The molecule has 0 aromatic heterocycles. The zero-order valence-electron chi connectivity index (χ0n) is 19.5. The van der Waals surface area contributed by atoms with E-state index in [1.807, 2.05) is 25.9 Å². The van der Waals surface area contributed by atoms with Gasteiger partial charge >= 0.3 is 5.97 Å². The summed E-state index contributed by atoms with van der Waals surface area (Å²) in [7, 11) is 5.01. The van der Waals surface area contributed by atoms with Gasteiger partial charge in [0.1, 0.15) is 11.5 Å². The van der Waals surface area contributed by atoms with Crippen LogP contribution in [0, 0.1) is 0 Å². The van der Waals surface area contributed by atoms with E-state index < -0.39 is 23.7 Å². The lowest BCUT2D eigenvalue weighted by Gasteiger charge is -2.26. The fourth-order valence-corrected chi connectivity index (χ4v) is 4.00. The first-order valence-electron chi connectivity index (χ1n) is 10.7. The summed E-state index contributed by atoms with van der Waals surface area (Å²) in [5.74, 6) is -1.89. The van der Waals surface area contributed by atoms with E-state index in [-0.39, 0.29) is 28.5 Å². The molecule has 0 spiro atoms. The molecule has 0 radical (unpaired) electrons. The summed E-state index contributed by atoms with van der Waals surface area (Å²) < 4.78 is 10.2. The number of aliphatic hydroxyl groups is 1. The minimum absolute atomic E-state index is 0.0465. The summed E-state index contributed by atoms with van der Waals surface area (Å²) in [6.45, 7) is 3.02. The van der Waals surface area contributed by atoms with Crippen molar-refractivity contribution in [2.45, 2.75) is 13.0 Å². The summed E-state index contributed by atoms with van der Waals surface area (Å²) in [5.41, 5.74) is 1.14. The standard InChI is InChI=1S/C25H27ClN2O6/c1-5-34-19-11-10-17(14-18(19)26)22(29)20-21(15-6-8-16(9-7-15)25(32)33-4)28(13-12-27(2)3)24(31)23(20)30/h6-11,14,21,29H,5,12-13H2,1-4H3/t21-/m0/s1. The fourth-order valence-electron chi connectivity index (χ4n) is 3.76. The Labute approximate surface area is 203 Å². The molecule has 1 amide bonds. The third kappa shape index (κ3) is 5.08. The first-order chi connectivity index (χ1) is 16.2. The van der Waals surface area contributed by atoms with Crippen molar-refractivity contribution in [3.05, 3.63) is 69.8 Å². The number of amides is 1. The van der Waals surface area contributed by atoms with Crippen LogP contribution in [0.25, 0.3) is 5.76 Å². The summed E-state index contributed by atoms with van der Waals surface area (Å²) in [6.07, 6.45) is 0. The number of halogens is 1. The molecule has 3 rings (SSSR count). The van der Waals surface area contributed by atoms with Gasteiger partial charge in [-0.15, -0.1) is 0 Å². The lowest BCUT2D eigenvalue weighted by atomic mass is 9.94. The minimum Gasteiger partial charge on any atom is -0.507 e. The Bertz CT molecular complexity index is 1130. The van der Waals surface area contributed by atoms with Crippen LogP contribution in [0.2, 0.25) is 5.02 Å². The van der Waals surface area contributed by atoms with Crippen LogP contribution < -0.4 is 4.74 Å². The van der Waals surface area contributed by atoms with Crippen LogP contribution in [0.5, 0.6) is 5.75 Å². The molecule has 180 valence electrons. The van der Waals surface area contributed by atoms with Crippen molar-refractivity contribution in [1.29, 1.82) is 0 Å². The number of carbonyl (C=O) groups is 3. The normalized spacial score (nSPS) is 17.4. The maximum Gasteiger partial charge on any atom is 0.337 e. The number of hydrogen-bond donors (Lipinski definition) is 1. The van der Waals surface area contributed by atoms with E-state index in [1.165, 1.54) is 18.1 Å². The summed E-state index contributed by atoms with van der Waals surface area (Å²) >= 11 is 6.28. The quantitative estimate of drug-likeness (QED) is 0.264. The topological polar surface area (TPSA) is 96.4 Å². The van der Waals surface area contributed by atoms with E-state index >= 15 is 0 Å². The van der Waals surface area contributed by atoms with Crippen LogP contribution in [-0.4, -0.2) is 73.5 Å². The number of nitrogens with zero attached hydrogens (tertiary/aromatic N) is 2. The summed E-state index contributed by atoms with van der Waals surface area (Å²) in [5, 5.41) is 11.4. The smallest absolute Gasteiger partial charge is 0.337 e. The number of ketones is 1. The largest absolute Gasteiger partial charge is 0.507 e. The van der Waals surface area contributed by atoms with Crippen LogP contribution >= 0.6 is 11.6 Å². The number of likely N-dealkylation sites (tertiary alicyclic amines) is 1. The number of Topliss-reactive ketones (excluding diaryl/α,β-unsaturated/α-hetero) is 1. The van der Waals surface area contributed by atoms with Crippen molar-refractivity contribution in [2.75, 3.05) is 40.9 Å². The maximum absolute atomic E-state index is 13.1. The van der Waals surface area contributed by atoms with Gasteiger partial charge in [0.15, 0.2) is 0 Å². The average Bonchev–Trinajstić information content (AvgIpc) is 3.08. The average molecular weight is 487 g/mol. The first-order valence-corrected chi connectivity index (χ1v) is 11.1. The van der Waals surface area contributed by atoms with E-state index in [0.717, 1.165) is 0 Å². The predicted octanol–water partition coefficient (Wildman–Crippen LogP) is 3.51. The number of rotatable bonds is 8. The van der Waals surface area contributed by atoms with Gasteiger partial charge in [-0.3, -0.25) is 9.59 Å². The molecule has 1 atom stereocenters. The molecule has 34 heavy (non-hydrogen) atoms. The Balaban J connectivity index is 2.12. The SMILES string of the molecule is CCOc1ccc(C(O)=C2C(=O)C(=O)N(CCN(C)C)[C@H]2c2ccc(C(=O)OC)cc2)cc1Cl. The highest BCUT2D eigenvalue weighted by atomic mass is 35.5. The van der Waals surface area contributed by atoms with Crippen LogP contribution in [-0.2, 0) is 14.3 Å². The fraction of sp³-hybridized carbons (Fsp3) is 0.320. The molecule has 0 bridgehead atoms. The molecular formula is C25H27ClN2O6. The van der Waals surface area contributed by atoms with E-state index in [0.29, 0.717) is 30.0 Å². The number of carbonyl (C=O) groups excluding carboxylic acids is 3. The molecule has 1 heterocycles. The monoisotopic (exact) mass is 486 g/mol. The van der Waals surface area contributed by atoms with Crippen molar-refractivity contribution in [3.8, 4) is 5.75 Å². The Morgan fingerprint density at radius 1 is 1.12 bits per heavy atom. The lowest BCUT2D eigenvalue weighted by Crippen LogP contribution is -2.35. The van der Waals surface area contributed by atoms with Gasteiger partial charge in [-0.2, -0.15) is 0 Å². The summed E-state index contributed by atoms with van der Waals surface area (Å²) in [4.78, 5) is 41.2. The van der Waals surface area contributed by atoms with Gasteiger partial charge in [0, 0.05) is 18.7 Å². The second kappa shape index (κ2) is 10.7. The molecule has 0 unspecified atom stereocenters. The number of esters is 1. The van der Waals surface area contributed by atoms with Gasteiger partial charge in [-0.05, 0) is 56.9 Å². The summed E-state index contributed by atoms with van der Waals surface area (Å²) in [6, 6.07) is 10.2. The van der Waals surface area contributed by atoms with Crippen molar-refractivity contribution < 1.29 is 29.0 Å². The molecule has 0 saturated carbocycles. The molecule has 1 aliphatic heterocycles. The number of methoxy groups -OCH3 is 1. The predicted molar refractivity (Wildman–Crippen MR) is 128 cm³/mol. The maximum atomic E-state index is 13.1. The molecule has 1 aliphatic rings. The first kappa shape index (κ1) is 25.3. The van der Waals surface area contributed by atoms with Crippen molar-refractivity contribution in [1.82, 2.24) is 9.80 Å². The second-order valence-electron chi connectivity index (χ2n) is 7.99. The van der Waals surface area contributed by atoms with Crippen LogP contribution in [0.3, 0.4) is 0 Å². The molecule has 1 fully saturated rings. The Kier molecular flexibility index (Phi) is 7.96. The van der Waals surface area contributed by atoms with Gasteiger partial charge in [-0.1, -0.05) is 23.7 Å². The van der Waals surface area contributed by atoms with Crippen molar-refractivity contribution >= 4 is 35.0 Å². The molecule has 1 saturated heterocycles.